The van der Waals surface area contributed by atoms with Crippen LogP contribution in [-0.2, 0) is 14.3 Å². The largest absolute Gasteiger partial charge is 0.497 e. The molecule has 10 nitrogen and oxygen atoms in total. The molecule has 184 valence electrons. The second-order valence-corrected chi connectivity index (χ2v) is 8.74. The minimum Gasteiger partial charge on any atom is -0.497 e. The molecule has 2 saturated carbocycles. The third kappa shape index (κ3) is 4.73. The summed E-state index contributed by atoms with van der Waals surface area (Å²) in [5.74, 6) is -0.623. The fourth-order valence-corrected chi connectivity index (χ4v) is 4.62. The normalized spacial score (nSPS) is 25.3. The molecule has 1 N–H and O–H groups in total. The van der Waals surface area contributed by atoms with Gasteiger partial charge in [0.05, 0.1) is 25.8 Å². The molecule has 0 aliphatic heterocycles. The molecule has 2 aliphatic rings. The summed E-state index contributed by atoms with van der Waals surface area (Å²) < 4.78 is 16.4. The van der Waals surface area contributed by atoms with E-state index in [2.05, 4.69) is 27.1 Å². The van der Waals surface area contributed by atoms with Crippen molar-refractivity contribution in [1.82, 2.24) is 10.3 Å². The van der Waals surface area contributed by atoms with E-state index < -0.39 is 17.4 Å². The van der Waals surface area contributed by atoms with Gasteiger partial charge in [-0.15, -0.1) is 11.7 Å². The summed E-state index contributed by atoms with van der Waals surface area (Å²) in [7, 11) is 4.27. The zero-order chi connectivity index (χ0) is 25.2. The van der Waals surface area contributed by atoms with Crippen molar-refractivity contribution < 1.29 is 28.6 Å². The molecule has 4 atom stereocenters. The molecule has 2 aromatic rings. The summed E-state index contributed by atoms with van der Waals surface area (Å²) in [4.78, 5) is 42.0. The van der Waals surface area contributed by atoms with E-state index in [1.54, 1.807) is 31.4 Å². The van der Waals surface area contributed by atoms with Crippen molar-refractivity contribution in [3.63, 3.8) is 0 Å². The molecule has 1 aromatic heterocycles. The first-order valence-electron chi connectivity index (χ1n) is 11.4. The number of ether oxygens (including phenoxy) is 3. The lowest BCUT2D eigenvalue weighted by Gasteiger charge is -2.20. The molecule has 0 radical (unpaired) electrons. The van der Waals surface area contributed by atoms with Gasteiger partial charge in [-0.3, -0.25) is 9.59 Å². The van der Waals surface area contributed by atoms with Gasteiger partial charge in [-0.2, -0.15) is 5.11 Å². The topological polar surface area (TPSA) is 129 Å². The van der Waals surface area contributed by atoms with Gasteiger partial charge in [-0.25, -0.2) is 9.78 Å². The molecule has 1 aromatic carbocycles. The number of esters is 1. The van der Waals surface area contributed by atoms with Gasteiger partial charge in [0.1, 0.15) is 22.7 Å². The molecule has 10 heteroatoms. The maximum absolute atomic E-state index is 13.0. The molecule has 2 amide bonds. The quantitative estimate of drug-likeness (QED) is 0.349. The van der Waals surface area contributed by atoms with Crippen LogP contribution < -0.4 is 14.8 Å². The summed E-state index contributed by atoms with van der Waals surface area (Å²) in [6.45, 7) is 3.74. The number of hydrogen-bond acceptors (Lipinski definition) is 8. The molecule has 35 heavy (non-hydrogen) atoms. The van der Waals surface area contributed by atoms with Gasteiger partial charge in [-0.05, 0) is 37.8 Å². The van der Waals surface area contributed by atoms with Crippen LogP contribution in [0.3, 0.4) is 0 Å². The number of methoxy groups -OCH3 is 2. The third-order valence-electron chi connectivity index (χ3n) is 6.63. The van der Waals surface area contributed by atoms with Crippen LogP contribution in [0.2, 0.25) is 0 Å². The number of carbonyl (C=O) groups is 3. The number of nitrogens with one attached hydrogen (secondary N) is 1. The summed E-state index contributed by atoms with van der Waals surface area (Å²) in [6, 6.07) is 6.86. The Balaban J connectivity index is 1.52. The van der Waals surface area contributed by atoms with Crippen LogP contribution in [0.15, 0.2) is 47.1 Å². The van der Waals surface area contributed by atoms with Crippen LogP contribution in [0, 0.1) is 11.8 Å². The van der Waals surface area contributed by atoms with Gasteiger partial charge >= 0.3 is 11.9 Å². The van der Waals surface area contributed by atoms with Crippen LogP contribution in [0.5, 0.6) is 11.5 Å². The third-order valence-corrected chi connectivity index (χ3v) is 6.63. The smallest absolute Gasteiger partial charge is 0.332 e. The Bertz CT molecular complexity index is 1210. The summed E-state index contributed by atoms with van der Waals surface area (Å²) in [6.07, 6.45) is 3.63. The Hall–Kier alpha value is -3.82. The van der Waals surface area contributed by atoms with E-state index in [1.807, 2.05) is 6.07 Å². The van der Waals surface area contributed by atoms with Crippen molar-refractivity contribution >= 4 is 28.7 Å². The predicted molar refractivity (Wildman–Crippen MR) is 126 cm³/mol. The molecule has 2 aliphatic carbocycles. The highest BCUT2D eigenvalue weighted by atomic mass is 16.5. The van der Waals surface area contributed by atoms with Crippen molar-refractivity contribution in [2.45, 2.75) is 37.3 Å². The van der Waals surface area contributed by atoms with Crippen molar-refractivity contribution in [2.75, 3.05) is 21.3 Å². The van der Waals surface area contributed by atoms with E-state index >= 15 is 0 Å². The lowest BCUT2D eigenvalue weighted by molar-refractivity contribution is -0.147. The van der Waals surface area contributed by atoms with Crippen LogP contribution in [0.25, 0.3) is 10.9 Å². The van der Waals surface area contributed by atoms with Gasteiger partial charge in [0.15, 0.2) is 0 Å². The van der Waals surface area contributed by atoms with Crippen molar-refractivity contribution in [3.8, 4) is 11.5 Å². The van der Waals surface area contributed by atoms with Crippen LogP contribution in [-0.4, -0.2) is 55.7 Å². The maximum Gasteiger partial charge on any atom is 0.332 e. The number of hydrogen-bond donors (Lipinski definition) is 1. The average Bonchev–Trinajstić information content (AvgIpc) is 3.38. The van der Waals surface area contributed by atoms with E-state index in [0.717, 1.165) is 0 Å². The Morgan fingerprint density at radius 2 is 2.03 bits per heavy atom. The number of azo groups is 1. The number of benzene rings is 1. The Kier molecular flexibility index (Phi) is 6.81. The molecule has 4 unspecified atom stereocenters. The lowest BCUT2D eigenvalue weighted by Crippen LogP contribution is -2.47. The van der Waals surface area contributed by atoms with Gasteiger partial charge < -0.3 is 19.5 Å². The van der Waals surface area contributed by atoms with Crippen LogP contribution >= 0.6 is 0 Å². The predicted octanol–water partition coefficient (Wildman–Crippen LogP) is 3.25. The molecular formula is C25H28N4O6. The molecule has 4 rings (SSSR count). The lowest BCUT2D eigenvalue weighted by atomic mass is 10.1. The second-order valence-electron chi connectivity index (χ2n) is 8.74. The minimum absolute atomic E-state index is 0.0999. The Morgan fingerprint density at radius 3 is 2.69 bits per heavy atom. The number of carbonyl (C=O) groups excluding carboxylic acids is 3. The van der Waals surface area contributed by atoms with E-state index in [0.29, 0.717) is 48.1 Å². The fraction of sp³-hybridized carbons (Fsp3) is 0.440. The zero-order valence-electron chi connectivity index (χ0n) is 19.9. The van der Waals surface area contributed by atoms with Crippen molar-refractivity contribution in [2.24, 2.45) is 22.1 Å². The molecule has 0 spiro atoms. The highest BCUT2D eigenvalue weighted by molar-refractivity contribution is 5.97. The summed E-state index contributed by atoms with van der Waals surface area (Å²) in [5, 5.41) is 10.7. The number of nitrogens with zero attached hydrogens (tertiary/aromatic N) is 3. The first-order chi connectivity index (χ1) is 16.8. The number of pyridine rings is 1. The average molecular weight is 481 g/mol. The Morgan fingerprint density at radius 1 is 1.23 bits per heavy atom. The van der Waals surface area contributed by atoms with Gasteiger partial charge in [0.25, 0.3) is 0 Å². The van der Waals surface area contributed by atoms with Crippen LogP contribution in [0.4, 0.5) is 0 Å². The highest BCUT2D eigenvalue weighted by Gasteiger charge is 2.61. The zero-order valence-corrected chi connectivity index (χ0v) is 19.9. The number of amides is 2. The standard InChI is InChI=1S/C25H28N4O6/c1-5-15-13-25(15,24(32)34-4)28-22(30)14-6-7-17(10-14)35-21-12-20(23(31)29-26-2)27-19-11-16(33-3)8-9-18(19)21/h5,8-9,11-12,14-15,17H,1,6-7,10,13H2,2-4H3,(H,28,30). The van der Waals surface area contributed by atoms with Crippen LogP contribution in [0.1, 0.15) is 36.2 Å². The Labute approximate surface area is 202 Å². The number of rotatable bonds is 8. The first kappa shape index (κ1) is 24.3. The monoisotopic (exact) mass is 480 g/mol. The second kappa shape index (κ2) is 9.81. The van der Waals surface area contributed by atoms with E-state index in [-0.39, 0.29) is 29.5 Å². The number of aromatic nitrogens is 1. The molecule has 2 fully saturated rings. The van der Waals surface area contributed by atoms with Gasteiger partial charge in [-0.1, -0.05) is 6.08 Å². The SMILES string of the molecule is C=CC1CC1(NC(=O)C1CCC(Oc2cc(C(=O)N=NC)nc3cc(OC)ccc23)C1)C(=O)OC. The van der Waals surface area contributed by atoms with E-state index in [1.165, 1.54) is 14.2 Å². The first-order valence-corrected chi connectivity index (χ1v) is 11.4. The minimum atomic E-state index is -1.02. The highest BCUT2D eigenvalue weighted by Crippen LogP contribution is 2.46. The molecule has 0 saturated heterocycles. The molecule has 1 heterocycles. The summed E-state index contributed by atoms with van der Waals surface area (Å²) in [5.41, 5.74) is -0.397. The number of fused-ring (bicyclic) bond motifs is 1. The molecule has 0 bridgehead atoms. The van der Waals surface area contributed by atoms with Crippen molar-refractivity contribution in [1.29, 1.82) is 0 Å². The van der Waals surface area contributed by atoms with E-state index in [9.17, 15) is 14.4 Å². The summed E-state index contributed by atoms with van der Waals surface area (Å²) >= 11 is 0. The maximum atomic E-state index is 13.0. The fourth-order valence-electron chi connectivity index (χ4n) is 4.62. The van der Waals surface area contributed by atoms with Crippen molar-refractivity contribution in [3.05, 3.63) is 42.6 Å². The van der Waals surface area contributed by atoms with E-state index in [4.69, 9.17) is 14.2 Å². The van der Waals surface area contributed by atoms with Gasteiger partial charge in [0, 0.05) is 36.4 Å². The van der Waals surface area contributed by atoms with Gasteiger partial charge in [0.2, 0.25) is 5.91 Å². The molecular weight excluding hydrogens is 452 g/mol.